The Labute approximate surface area is 168 Å². The van der Waals surface area contributed by atoms with E-state index in [0.717, 1.165) is 54.6 Å². The third-order valence-corrected chi connectivity index (χ3v) is 5.19. The van der Waals surface area contributed by atoms with E-state index in [0.29, 0.717) is 5.82 Å². The van der Waals surface area contributed by atoms with Gasteiger partial charge in [0, 0.05) is 37.9 Å². The van der Waals surface area contributed by atoms with Crippen molar-refractivity contribution in [1.82, 2.24) is 24.8 Å². The zero-order chi connectivity index (χ0) is 19.6. The summed E-state index contributed by atoms with van der Waals surface area (Å²) in [4.78, 5) is 8.87. The predicted octanol–water partition coefficient (Wildman–Crippen LogP) is 2.52. The van der Waals surface area contributed by atoms with Gasteiger partial charge in [-0.1, -0.05) is 12.1 Å². The van der Waals surface area contributed by atoms with Crippen LogP contribution in [0.3, 0.4) is 0 Å². The lowest BCUT2D eigenvalue weighted by atomic mass is 10.2. The number of ether oxygens (including phenoxy) is 1. The molecule has 1 aliphatic rings. The number of piperazine rings is 1. The molecule has 0 amide bonds. The molecule has 3 aromatic heterocycles. The maximum absolute atomic E-state index is 5.34. The minimum Gasteiger partial charge on any atom is -0.497 e. The summed E-state index contributed by atoms with van der Waals surface area (Å²) in [6.45, 7) is 3.64. The van der Waals surface area contributed by atoms with Crippen LogP contribution in [0.2, 0.25) is 0 Å². The summed E-state index contributed by atoms with van der Waals surface area (Å²) in [5.41, 5.74) is 2.80. The zero-order valence-corrected chi connectivity index (χ0v) is 16.1. The molecule has 0 bridgehead atoms. The number of methoxy groups -OCH3 is 1. The number of rotatable bonds is 4. The van der Waals surface area contributed by atoms with E-state index in [4.69, 9.17) is 9.84 Å². The van der Waals surface area contributed by atoms with Crippen molar-refractivity contribution in [2.75, 3.05) is 43.1 Å². The second-order valence-electron chi connectivity index (χ2n) is 6.90. The van der Waals surface area contributed by atoms with Gasteiger partial charge in [0.1, 0.15) is 11.6 Å². The number of benzene rings is 1. The van der Waals surface area contributed by atoms with Crippen LogP contribution in [0, 0.1) is 0 Å². The summed E-state index contributed by atoms with van der Waals surface area (Å²) in [6.07, 6.45) is 3.72. The first-order valence-corrected chi connectivity index (χ1v) is 9.58. The Bertz CT molecular complexity index is 1120. The molecular formula is C21H21N7O. The largest absolute Gasteiger partial charge is 0.497 e. The number of pyridine rings is 1. The standard InChI is InChI=1S/C21H21N7O/c1-29-18-6-2-4-16(14-18)21-24-23-19-7-8-20(25-28(19)21)27-12-10-26(11-13-27)17-5-3-9-22-15-17/h2-9,14-15H,10-13H2,1H3. The van der Waals surface area contributed by atoms with Gasteiger partial charge in [-0.3, -0.25) is 4.98 Å². The van der Waals surface area contributed by atoms with Crippen LogP contribution in [0.15, 0.2) is 60.9 Å². The van der Waals surface area contributed by atoms with Crippen LogP contribution < -0.4 is 14.5 Å². The summed E-state index contributed by atoms with van der Waals surface area (Å²) < 4.78 is 7.14. The molecule has 1 saturated heterocycles. The highest BCUT2D eigenvalue weighted by molar-refractivity contribution is 5.61. The van der Waals surface area contributed by atoms with E-state index >= 15 is 0 Å². The molecule has 5 rings (SSSR count). The van der Waals surface area contributed by atoms with Crippen LogP contribution >= 0.6 is 0 Å². The molecular weight excluding hydrogens is 366 g/mol. The Balaban J connectivity index is 1.40. The Morgan fingerprint density at radius 3 is 2.55 bits per heavy atom. The van der Waals surface area contributed by atoms with Gasteiger partial charge in [0.15, 0.2) is 11.5 Å². The maximum atomic E-state index is 5.34. The lowest BCUT2D eigenvalue weighted by Crippen LogP contribution is -2.47. The van der Waals surface area contributed by atoms with Gasteiger partial charge in [-0.2, -0.15) is 4.52 Å². The van der Waals surface area contributed by atoms with Crippen LogP contribution in [0.1, 0.15) is 0 Å². The quantitative estimate of drug-likeness (QED) is 0.533. The van der Waals surface area contributed by atoms with Crippen LogP contribution in [0.4, 0.5) is 11.5 Å². The average molecular weight is 387 g/mol. The molecule has 146 valence electrons. The van der Waals surface area contributed by atoms with Gasteiger partial charge in [-0.15, -0.1) is 15.3 Å². The second kappa shape index (κ2) is 7.38. The smallest absolute Gasteiger partial charge is 0.185 e. The fraction of sp³-hybridized carbons (Fsp3) is 0.238. The van der Waals surface area contributed by atoms with Crippen molar-refractivity contribution in [2.45, 2.75) is 0 Å². The first-order valence-electron chi connectivity index (χ1n) is 9.58. The number of aromatic nitrogens is 5. The van der Waals surface area contributed by atoms with Crippen molar-refractivity contribution in [2.24, 2.45) is 0 Å². The fourth-order valence-corrected chi connectivity index (χ4v) is 3.62. The number of nitrogens with zero attached hydrogens (tertiary/aromatic N) is 7. The van der Waals surface area contributed by atoms with Gasteiger partial charge in [0.2, 0.25) is 0 Å². The summed E-state index contributed by atoms with van der Waals surface area (Å²) in [5, 5.41) is 13.4. The Hall–Kier alpha value is -3.68. The minimum absolute atomic E-state index is 0.703. The minimum atomic E-state index is 0.703. The SMILES string of the molecule is COc1cccc(-c2nnc3ccc(N4CCN(c5cccnc5)CC4)nn23)c1. The molecule has 4 aromatic rings. The van der Waals surface area contributed by atoms with Crippen molar-refractivity contribution < 1.29 is 4.74 Å². The van der Waals surface area contributed by atoms with Gasteiger partial charge >= 0.3 is 0 Å². The highest BCUT2D eigenvalue weighted by Crippen LogP contribution is 2.24. The summed E-state index contributed by atoms with van der Waals surface area (Å²) in [7, 11) is 1.66. The number of hydrogen-bond acceptors (Lipinski definition) is 7. The van der Waals surface area contributed by atoms with Gasteiger partial charge < -0.3 is 14.5 Å². The number of anilines is 2. The van der Waals surface area contributed by atoms with Crippen molar-refractivity contribution in [3.05, 3.63) is 60.9 Å². The third kappa shape index (κ3) is 3.33. The van der Waals surface area contributed by atoms with E-state index in [2.05, 4.69) is 31.0 Å². The summed E-state index contributed by atoms with van der Waals surface area (Å²) in [5.74, 6) is 2.41. The predicted molar refractivity (Wildman–Crippen MR) is 111 cm³/mol. The molecule has 0 N–H and O–H groups in total. The molecule has 0 unspecified atom stereocenters. The van der Waals surface area contributed by atoms with E-state index < -0.39 is 0 Å². The molecule has 29 heavy (non-hydrogen) atoms. The number of hydrogen-bond donors (Lipinski definition) is 0. The Morgan fingerprint density at radius 1 is 0.897 bits per heavy atom. The van der Waals surface area contributed by atoms with Crippen LogP contribution in [-0.4, -0.2) is 58.1 Å². The maximum Gasteiger partial charge on any atom is 0.185 e. The van der Waals surface area contributed by atoms with Crippen molar-refractivity contribution in [3.8, 4) is 17.1 Å². The average Bonchev–Trinajstić information content (AvgIpc) is 3.23. The molecule has 0 radical (unpaired) electrons. The van der Waals surface area contributed by atoms with E-state index in [9.17, 15) is 0 Å². The van der Waals surface area contributed by atoms with Gasteiger partial charge in [-0.25, -0.2) is 0 Å². The van der Waals surface area contributed by atoms with Crippen molar-refractivity contribution in [3.63, 3.8) is 0 Å². The molecule has 1 aromatic carbocycles. The molecule has 8 nitrogen and oxygen atoms in total. The first kappa shape index (κ1) is 17.4. The van der Waals surface area contributed by atoms with Crippen LogP contribution in [0.25, 0.3) is 17.0 Å². The molecule has 0 saturated carbocycles. The Morgan fingerprint density at radius 2 is 1.76 bits per heavy atom. The van der Waals surface area contributed by atoms with E-state index in [-0.39, 0.29) is 0 Å². The normalized spacial score (nSPS) is 14.4. The summed E-state index contributed by atoms with van der Waals surface area (Å²) >= 11 is 0. The Kier molecular flexibility index (Phi) is 4.44. The molecule has 4 heterocycles. The molecule has 0 spiro atoms. The molecule has 1 aliphatic heterocycles. The topological polar surface area (TPSA) is 71.7 Å². The molecule has 8 heteroatoms. The lowest BCUT2D eigenvalue weighted by Gasteiger charge is -2.36. The van der Waals surface area contributed by atoms with Crippen LogP contribution in [0.5, 0.6) is 5.75 Å². The zero-order valence-electron chi connectivity index (χ0n) is 16.1. The van der Waals surface area contributed by atoms with Crippen LogP contribution in [-0.2, 0) is 0 Å². The van der Waals surface area contributed by atoms with Crippen molar-refractivity contribution in [1.29, 1.82) is 0 Å². The third-order valence-electron chi connectivity index (χ3n) is 5.19. The van der Waals surface area contributed by atoms with E-state index in [1.54, 1.807) is 17.8 Å². The van der Waals surface area contributed by atoms with E-state index in [1.165, 1.54) is 0 Å². The van der Waals surface area contributed by atoms with Gasteiger partial charge in [0.05, 0.1) is 19.0 Å². The van der Waals surface area contributed by atoms with Gasteiger partial charge in [0.25, 0.3) is 0 Å². The molecule has 0 aliphatic carbocycles. The van der Waals surface area contributed by atoms with Gasteiger partial charge in [-0.05, 0) is 36.4 Å². The fourth-order valence-electron chi connectivity index (χ4n) is 3.62. The van der Waals surface area contributed by atoms with Crippen molar-refractivity contribution >= 4 is 17.2 Å². The molecule has 0 atom stereocenters. The number of fused-ring (bicyclic) bond motifs is 1. The second-order valence-corrected chi connectivity index (χ2v) is 6.90. The highest BCUT2D eigenvalue weighted by atomic mass is 16.5. The van der Waals surface area contributed by atoms with E-state index in [1.807, 2.05) is 48.7 Å². The monoisotopic (exact) mass is 387 g/mol. The lowest BCUT2D eigenvalue weighted by molar-refractivity contribution is 0.415. The first-order chi connectivity index (χ1) is 14.3. The molecule has 1 fully saturated rings. The summed E-state index contributed by atoms with van der Waals surface area (Å²) in [6, 6.07) is 15.8. The highest BCUT2D eigenvalue weighted by Gasteiger charge is 2.20.